The molecule has 0 atom stereocenters. The van der Waals surface area contributed by atoms with E-state index in [1.54, 1.807) is 18.2 Å². The Morgan fingerprint density at radius 2 is 1.81 bits per heavy atom. The van der Waals surface area contributed by atoms with E-state index in [1.807, 2.05) is 0 Å². The number of hydrogen-bond donors (Lipinski definition) is 1. The van der Waals surface area contributed by atoms with Gasteiger partial charge in [-0.1, -0.05) is 23.2 Å². The second-order valence-electron chi connectivity index (χ2n) is 6.50. The maximum absolute atomic E-state index is 13.1. The molecule has 0 aliphatic rings. The Morgan fingerprint density at radius 1 is 1.06 bits per heavy atom. The molecule has 3 aromatic rings. The molecule has 0 aliphatic heterocycles. The lowest BCUT2D eigenvalue weighted by molar-refractivity contribution is -0.123. The molecule has 168 valence electrons. The molecule has 0 bridgehead atoms. The number of nitrogens with one attached hydrogen (secondary N) is 1. The Labute approximate surface area is 194 Å². The Hall–Kier alpha value is -3.23. The summed E-state index contributed by atoms with van der Waals surface area (Å²) >= 11 is 12.3. The lowest BCUT2D eigenvalue weighted by atomic mass is 10.0. The van der Waals surface area contributed by atoms with Crippen LogP contribution in [0.3, 0.4) is 0 Å². The maximum atomic E-state index is 13.1. The highest BCUT2D eigenvalue weighted by atomic mass is 35.5. The van der Waals surface area contributed by atoms with Crippen LogP contribution in [0, 0.1) is 0 Å². The summed E-state index contributed by atoms with van der Waals surface area (Å²) in [6.07, 6.45) is 4.23. The van der Waals surface area contributed by atoms with Crippen molar-refractivity contribution in [3.05, 3.63) is 69.9 Å². The summed E-state index contributed by atoms with van der Waals surface area (Å²) in [5.41, 5.74) is 0.621. The third-order valence-corrected chi connectivity index (χ3v) is 5.13. The number of methoxy groups -OCH3 is 2. The van der Waals surface area contributed by atoms with Crippen LogP contribution in [0.4, 0.5) is 0 Å². The van der Waals surface area contributed by atoms with Gasteiger partial charge in [0.25, 0.3) is 5.91 Å². The molecule has 0 fully saturated rings. The Balaban J connectivity index is 1.82. The first-order valence-corrected chi connectivity index (χ1v) is 10.2. The number of carbonyl (C=O) groups excluding carboxylic acids is 2. The number of ether oxygens (including phenoxy) is 3. The van der Waals surface area contributed by atoms with Gasteiger partial charge in [-0.05, 0) is 24.3 Å². The number of carbonyl (C=O) groups is 2. The van der Waals surface area contributed by atoms with Gasteiger partial charge in [0.05, 0.1) is 42.6 Å². The van der Waals surface area contributed by atoms with Gasteiger partial charge in [-0.25, -0.2) is 0 Å². The summed E-state index contributed by atoms with van der Waals surface area (Å²) < 4.78 is 21.6. The Kier molecular flexibility index (Phi) is 7.97. The van der Waals surface area contributed by atoms with E-state index in [-0.39, 0.29) is 52.5 Å². The van der Waals surface area contributed by atoms with Gasteiger partial charge in [-0.3, -0.25) is 14.6 Å². The van der Waals surface area contributed by atoms with Crippen LogP contribution in [0.25, 0.3) is 0 Å². The zero-order valence-electron chi connectivity index (χ0n) is 17.3. The molecule has 2 aromatic heterocycles. The number of hydrogen-bond acceptors (Lipinski definition) is 7. The predicted octanol–water partition coefficient (Wildman–Crippen LogP) is 4.12. The second kappa shape index (κ2) is 10.9. The zero-order chi connectivity index (χ0) is 23.1. The van der Waals surface area contributed by atoms with Crippen LogP contribution in [-0.4, -0.2) is 37.5 Å². The number of Topliss-reactive ketones (excluding diaryl/α,β-unsaturated/α-hetero) is 1. The first-order valence-electron chi connectivity index (χ1n) is 9.42. The van der Waals surface area contributed by atoms with Crippen molar-refractivity contribution in [3.63, 3.8) is 0 Å². The summed E-state index contributed by atoms with van der Waals surface area (Å²) in [5.74, 6) is 0.446. The van der Waals surface area contributed by atoms with Crippen LogP contribution in [-0.2, 0) is 17.8 Å². The van der Waals surface area contributed by atoms with E-state index in [0.29, 0.717) is 17.1 Å². The van der Waals surface area contributed by atoms with Crippen molar-refractivity contribution in [2.24, 2.45) is 0 Å². The summed E-state index contributed by atoms with van der Waals surface area (Å²) in [6.45, 7) is -0.156. The van der Waals surface area contributed by atoms with Gasteiger partial charge >= 0.3 is 0 Å². The molecule has 0 saturated heterocycles. The van der Waals surface area contributed by atoms with E-state index < -0.39 is 5.91 Å². The van der Waals surface area contributed by atoms with Crippen LogP contribution in [0.1, 0.15) is 21.7 Å². The molecule has 1 N–H and O–H groups in total. The van der Waals surface area contributed by atoms with Gasteiger partial charge in [0.2, 0.25) is 5.75 Å². The van der Waals surface area contributed by atoms with Gasteiger partial charge in [-0.2, -0.15) is 0 Å². The molecular weight excluding hydrogens is 459 g/mol. The van der Waals surface area contributed by atoms with Gasteiger partial charge in [-0.15, -0.1) is 0 Å². The molecule has 10 heteroatoms. The fraction of sp³-hybridized carbons (Fsp3) is 0.227. The van der Waals surface area contributed by atoms with Crippen LogP contribution < -0.4 is 19.5 Å². The topological polar surface area (TPSA) is 99.9 Å². The number of ketones is 1. The molecule has 0 radical (unpaired) electrons. The molecule has 32 heavy (non-hydrogen) atoms. The molecule has 1 aromatic carbocycles. The highest BCUT2D eigenvalue weighted by molar-refractivity contribution is 6.36. The standard InChI is InChI=1S/C22H20Cl2N2O6/c1-29-19-6-5-14(18(27)8-15-16(23)10-25-11-17(15)24)21(22(19)30-2)32-12-20(28)26-9-13-4-3-7-31-13/h3-7,10-11H,8-9,12H2,1-2H3,(H,26,28). The molecule has 0 aliphatic carbocycles. The van der Waals surface area contributed by atoms with E-state index in [2.05, 4.69) is 10.3 Å². The van der Waals surface area contributed by atoms with Gasteiger partial charge in [0, 0.05) is 24.4 Å². The molecule has 2 heterocycles. The minimum atomic E-state index is -0.412. The van der Waals surface area contributed by atoms with Gasteiger partial charge in [0.15, 0.2) is 23.9 Å². The molecule has 0 spiro atoms. The first-order chi connectivity index (χ1) is 15.4. The fourth-order valence-electron chi connectivity index (χ4n) is 2.91. The molecule has 0 unspecified atom stereocenters. The SMILES string of the molecule is COc1ccc(C(=O)Cc2c(Cl)cncc2Cl)c(OCC(=O)NCc2ccco2)c1OC. The van der Waals surface area contributed by atoms with Crippen molar-refractivity contribution in [1.29, 1.82) is 0 Å². The number of furan rings is 1. The average molecular weight is 479 g/mol. The quantitative estimate of drug-likeness (QED) is 0.437. The third kappa shape index (κ3) is 5.52. The normalized spacial score (nSPS) is 10.5. The lowest BCUT2D eigenvalue weighted by Crippen LogP contribution is -2.28. The van der Waals surface area contributed by atoms with Crippen LogP contribution >= 0.6 is 23.2 Å². The third-order valence-electron chi connectivity index (χ3n) is 4.48. The van der Waals surface area contributed by atoms with Crippen LogP contribution in [0.5, 0.6) is 17.2 Å². The van der Waals surface area contributed by atoms with Crippen LogP contribution in [0.2, 0.25) is 10.0 Å². The van der Waals surface area contributed by atoms with E-state index in [1.165, 1.54) is 38.9 Å². The monoisotopic (exact) mass is 478 g/mol. The first kappa shape index (κ1) is 23.4. The van der Waals surface area contributed by atoms with Crippen molar-refractivity contribution in [1.82, 2.24) is 10.3 Å². The van der Waals surface area contributed by atoms with Crippen molar-refractivity contribution >= 4 is 34.9 Å². The average Bonchev–Trinajstić information content (AvgIpc) is 3.31. The Morgan fingerprint density at radius 3 is 2.44 bits per heavy atom. The van der Waals surface area contributed by atoms with Gasteiger partial charge in [0.1, 0.15) is 5.76 Å². The van der Waals surface area contributed by atoms with Crippen LogP contribution in [0.15, 0.2) is 47.3 Å². The maximum Gasteiger partial charge on any atom is 0.258 e. The molecule has 0 saturated carbocycles. The van der Waals surface area contributed by atoms with E-state index in [4.69, 9.17) is 41.8 Å². The molecular formula is C22H20Cl2N2O6. The van der Waals surface area contributed by atoms with Gasteiger partial charge < -0.3 is 23.9 Å². The summed E-state index contributed by atoms with van der Waals surface area (Å²) in [7, 11) is 2.86. The number of amides is 1. The Bertz CT molecular complexity index is 1080. The van der Waals surface area contributed by atoms with Crippen molar-refractivity contribution in [2.45, 2.75) is 13.0 Å². The minimum absolute atomic E-state index is 0.0753. The van der Waals surface area contributed by atoms with E-state index in [0.717, 1.165) is 0 Å². The number of benzene rings is 1. The number of nitrogens with zero attached hydrogens (tertiary/aromatic N) is 1. The highest BCUT2D eigenvalue weighted by Crippen LogP contribution is 2.40. The zero-order valence-corrected chi connectivity index (χ0v) is 18.8. The number of halogens is 2. The fourth-order valence-corrected chi connectivity index (χ4v) is 3.41. The summed E-state index contributed by atoms with van der Waals surface area (Å²) in [4.78, 5) is 29.2. The summed E-state index contributed by atoms with van der Waals surface area (Å²) in [5, 5.41) is 3.21. The highest BCUT2D eigenvalue weighted by Gasteiger charge is 2.23. The summed E-state index contributed by atoms with van der Waals surface area (Å²) in [6, 6.07) is 6.56. The van der Waals surface area contributed by atoms with Crippen molar-refractivity contribution in [2.75, 3.05) is 20.8 Å². The molecule has 8 nitrogen and oxygen atoms in total. The van der Waals surface area contributed by atoms with Crippen molar-refractivity contribution < 1.29 is 28.2 Å². The predicted molar refractivity (Wildman–Crippen MR) is 118 cm³/mol. The molecule has 1 amide bonds. The smallest absolute Gasteiger partial charge is 0.258 e. The lowest BCUT2D eigenvalue weighted by Gasteiger charge is -2.17. The largest absolute Gasteiger partial charge is 0.493 e. The number of pyridine rings is 1. The second-order valence-corrected chi connectivity index (χ2v) is 7.32. The number of aromatic nitrogens is 1. The van der Waals surface area contributed by atoms with E-state index >= 15 is 0 Å². The van der Waals surface area contributed by atoms with Crippen molar-refractivity contribution in [3.8, 4) is 17.2 Å². The minimum Gasteiger partial charge on any atom is -0.493 e. The molecule has 3 rings (SSSR count). The number of rotatable bonds is 10. The van der Waals surface area contributed by atoms with E-state index in [9.17, 15) is 9.59 Å².